The Hall–Kier alpha value is -2.51. The average Bonchev–Trinajstić information content (AvgIpc) is 3.05. The molecular formula is C29H34ClFN5O2P. The highest BCUT2D eigenvalue weighted by Crippen LogP contribution is 2.39. The molecule has 7 nitrogen and oxygen atoms in total. The molecule has 6 rings (SSSR count). The van der Waals surface area contributed by atoms with Crippen LogP contribution in [0.2, 0.25) is 5.02 Å². The third-order valence-electron chi connectivity index (χ3n) is 8.21. The van der Waals surface area contributed by atoms with Crippen LogP contribution in [-0.2, 0) is 22.1 Å². The van der Waals surface area contributed by atoms with Gasteiger partial charge in [-0.15, -0.1) is 0 Å². The molecule has 2 N–H and O–H groups in total. The van der Waals surface area contributed by atoms with Crippen molar-refractivity contribution in [2.45, 2.75) is 56.7 Å². The molecule has 2 unspecified atom stereocenters. The molecule has 39 heavy (non-hydrogen) atoms. The van der Waals surface area contributed by atoms with Gasteiger partial charge in [-0.25, -0.2) is 9.37 Å². The maximum Gasteiger partial charge on any atom is 0.229 e. The lowest BCUT2D eigenvalue weighted by atomic mass is 10.0. The number of fused-ring (bicyclic) bond motifs is 3. The van der Waals surface area contributed by atoms with E-state index in [1.165, 1.54) is 48.7 Å². The molecule has 10 heteroatoms. The van der Waals surface area contributed by atoms with E-state index in [1.54, 1.807) is 19.4 Å². The fourth-order valence-corrected chi connectivity index (χ4v) is 7.63. The Morgan fingerprint density at radius 2 is 1.72 bits per heavy atom. The third-order valence-corrected chi connectivity index (χ3v) is 10.0. The lowest BCUT2D eigenvalue weighted by Gasteiger charge is -2.40. The van der Waals surface area contributed by atoms with Crippen molar-refractivity contribution >= 4 is 47.2 Å². The summed E-state index contributed by atoms with van der Waals surface area (Å²) in [6.45, 7) is 4.97. The number of morpholine rings is 1. The normalized spacial score (nSPS) is 23.2. The van der Waals surface area contributed by atoms with E-state index < -0.39 is 13.0 Å². The minimum atomic E-state index is -2.75. The molecule has 0 spiro atoms. The number of hydrogen-bond donors (Lipinski definition) is 2. The summed E-state index contributed by atoms with van der Waals surface area (Å²) in [5.41, 5.74) is 4.20. The SMILES string of the molecule is CP(C)(=O)c1cc(F)ccc1Nc1nc(Nc2ccc3c(c2)CC[C@H](N2C4CCC2COC4)CC3)ncc1Cl. The average molecular weight is 570 g/mol. The summed E-state index contributed by atoms with van der Waals surface area (Å²) in [5, 5.41) is 7.16. The molecule has 3 heterocycles. The predicted octanol–water partition coefficient (Wildman–Crippen LogP) is 6.11. The zero-order valence-electron chi connectivity index (χ0n) is 22.3. The van der Waals surface area contributed by atoms with Gasteiger partial charge in [-0.3, -0.25) is 4.90 Å². The van der Waals surface area contributed by atoms with Crippen LogP contribution in [0.4, 0.5) is 27.5 Å². The summed E-state index contributed by atoms with van der Waals surface area (Å²) < 4.78 is 32.5. The van der Waals surface area contributed by atoms with Gasteiger partial charge in [0.15, 0.2) is 5.82 Å². The number of ether oxygens (including phenoxy) is 1. The van der Waals surface area contributed by atoms with Crippen molar-refractivity contribution in [2.75, 3.05) is 37.2 Å². The van der Waals surface area contributed by atoms with Crippen LogP contribution in [0.15, 0.2) is 42.6 Å². The minimum Gasteiger partial charge on any atom is -0.378 e. The van der Waals surface area contributed by atoms with Crippen LogP contribution in [0.5, 0.6) is 0 Å². The van der Waals surface area contributed by atoms with Gasteiger partial charge in [0, 0.05) is 29.1 Å². The molecule has 206 valence electrons. The highest BCUT2D eigenvalue weighted by molar-refractivity contribution is 7.70. The van der Waals surface area contributed by atoms with Crippen molar-refractivity contribution < 1.29 is 13.7 Å². The van der Waals surface area contributed by atoms with E-state index in [-0.39, 0.29) is 0 Å². The van der Waals surface area contributed by atoms with Gasteiger partial charge in [0.2, 0.25) is 5.95 Å². The zero-order chi connectivity index (χ0) is 27.1. The Balaban J connectivity index is 1.18. The first kappa shape index (κ1) is 26.7. The first-order valence-electron chi connectivity index (χ1n) is 13.6. The molecule has 3 aromatic rings. The number of aromatic nitrogens is 2. The van der Waals surface area contributed by atoms with Gasteiger partial charge in [0.25, 0.3) is 0 Å². The van der Waals surface area contributed by atoms with E-state index >= 15 is 0 Å². The van der Waals surface area contributed by atoms with Gasteiger partial charge in [-0.05, 0) is 93.3 Å². The smallest absolute Gasteiger partial charge is 0.229 e. The molecular weight excluding hydrogens is 536 g/mol. The second-order valence-corrected chi connectivity index (χ2v) is 14.8. The van der Waals surface area contributed by atoms with E-state index in [9.17, 15) is 8.96 Å². The summed E-state index contributed by atoms with van der Waals surface area (Å²) in [4.78, 5) is 11.7. The van der Waals surface area contributed by atoms with Gasteiger partial charge in [-0.2, -0.15) is 4.98 Å². The summed E-state index contributed by atoms with van der Waals surface area (Å²) in [6.07, 6.45) is 8.52. The van der Waals surface area contributed by atoms with Crippen LogP contribution < -0.4 is 15.9 Å². The summed E-state index contributed by atoms with van der Waals surface area (Å²) in [7, 11) is -2.75. The number of hydrogen-bond acceptors (Lipinski definition) is 7. The van der Waals surface area contributed by atoms with E-state index in [2.05, 4.69) is 43.7 Å². The molecule has 2 aliphatic heterocycles. The number of halogens is 2. The van der Waals surface area contributed by atoms with Crippen molar-refractivity contribution in [3.63, 3.8) is 0 Å². The van der Waals surface area contributed by atoms with Crippen LogP contribution in [0.1, 0.15) is 36.8 Å². The van der Waals surface area contributed by atoms with E-state index in [1.807, 2.05) is 0 Å². The monoisotopic (exact) mass is 569 g/mol. The second kappa shape index (κ2) is 10.8. The van der Waals surface area contributed by atoms with Crippen LogP contribution >= 0.6 is 18.7 Å². The van der Waals surface area contributed by atoms with Gasteiger partial charge < -0.3 is 19.9 Å². The second-order valence-electron chi connectivity index (χ2n) is 11.2. The van der Waals surface area contributed by atoms with E-state index in [4.69, 9.17) is 16.3 Å². The number of nitrogens with one attached hydrogen (secondary N) is 2. The summed E-state index contributed by atoms with van der Waals surface area (Å²) >= 11 is 6.39. The van der Waals surface area contributed by atoms with Crippen molar-refractivity contribution in [1.29, 1.82) is 0 Å². The van der Waals surface area contributed by atoms with Gasteiger partial charge >= 0.3 is 0 Å². The Labute approximate surface area is 233 Å². The van der Waals surface area contributed by atoms with Crippen LogP contribution in [-0.4, -0.2) is 59.5 Å². The molecule has 3 aliphatic rings. The van der Waals surface area contributed by atoms with E-state index in [0.29, 0.717) is 45.9 Å². The summed E-state index contributed by atoms with van der Waals surface area (Å²) in [5.74, 6) is 0.300. The molecule has 2 bridgehead atoms. The highest BCUT2D eigenvalue weighted by Gasteiger charge is 2.41. The molecule has 2 aromatic carbocycles. The molecule has 0 amide bonds. The van der Waals surface area contributed by atoms with Crippen molar-refractivity contribution in [3.05, 3.63) is 64.6 Å². The highest BCUT2D eigenvalue weighted by atomic mass is 35.5. The lowest BCUT2D eigenvalue weighted by Crippen LogP contribution is -2.51. The lowest BCUT2D eigenvalue weighted by molar-refractivity contribution is -0.0389. The van der Waals surface area contributed by atoms with E-state index in [0.717, 1.165) is 38.2 Å². The minimum absolute atomic E-state index is 0.308. The quantitative estimate of drug-likeness (QED) is 0.274. The molecule has 3 atom stereocenters. The molecule has 2 fully saturated rings. The summed E-state index contributed by atoms with van der Waals surface area (Å²) in [6, 6.07) is 12.5. The van der Waals surface area contributed by atoms with Gasteiger partial charge in [-0.1, -0.05) is 17.7 Å². The molecule has 1 aliphatic carbocycles. The Morgan fingerprint density at radius 1 is 0.974 bits per heavy atom. The first-order valence-corrected chi connectivity index (χ1v) is 16.6. The third kappa shape index (κ3) is 5.71. The molecule has 0 radical (unpaired) electrons. The zero-order valence-corrected chi connectivity index (χ0v) is 23.9. The van der Waals surface area contributed by atoms with Gasteiger partial charge in [0.1, 0.15) is 18.0 Å². The largest absolute Gasteiger partial charge is 0.378 e. The molecule has 0 saturated carbocycles. The number of rotatable bonds is 6. The van der Waals surface area contributed by atoms with Gasteiger partial charge in [0.05, 0.1) is 25.1 Å². The topological polar surface area (TPSA) is 79.4 Å². The first-order chi connectivity index (χ1) is 18.7. The van der Waals surface area contributed by atoms with Crippen molar-refractivity contribution in [1.82, 2.24) is 14.9 Å². The Morgan fingerprint density at radius 3 is 2.46 bits per heavy atom. The van der Waals surface area contributed by atoms with Crippen LogP contribution in [0.25, 0.3) is 0 Å². The molecule has 1 aromatic heterocycles. The number of benzene rings is 2. The Kier molecular flexibility index (Phi) is 7.40. The predicted molar refractivity (Wildman–Crippen MR) is 155 cm³/mol. The Bertz CT molecular complexity index is 1420. The maximum absolute atomic E-state index is 13.9. The number of anilines is 4. The van der Waals surface area contributed by atoms with Crippen molar-refractivity contribution in [2.24, 2.45) is 0 Å². The fraction of sp³-hybridized carbons (Fsp3) is 0.448. The van der Waals surface area contributed by atoms with Crippen LogP contribution in [0, 0.1) is 5.82 Å². The maximum atomic E-state index is 13.9. The van der Waals surface area contributed by atoms with Crippen molar-refractivity contribution in [3.8, 4) is 0 Å². The fourth-order valence-electron chi connectivity index (χ4n) is 6.35. The number of nitrogens with zero attached hydrogens (tertiary/aromatic N) is 3. The molecule has 2 saturated heterocycles. The number of aryl methyl sites for hydroxylation is 2. The standard InChI is InChI=1S/C29H34ClFN5O2P/c1-39(2,37)27-14-20(31)6-12-26(27)34-28-25(30)15-32-29(35-28)33-21-7-3-18-4-8-22(9-5-19(18)13-21)36-23-10-11-24(36)17-38-16-23/h3,6-7,12-15,22-24H,4-5,8-11,16-17H2,1-2H3,(H2,32,33,34,35)/t22-,23?,24?/m1/s1. The van der Waals surface area contributed by atoms with Crippen LogP contribution in [0.3, 0.4) is 0 Å².